The van der Waals surface area contributed by atoms with Crippen LogP contribution in [-0.2, 0) is 9.59 Å². The van der Waals surface area contributed by atoms with Gasteiger partial charge < -0.3 is 15.1 Å². The van der Waals surface area contributed by atoms with Crippen molar-refractivity contribution >= 4 is 24.2 Å². The number of carbonyl (C=O) groups excluding carboxylic acids is 2. The monoisotopic (exact) mass is 303 g/mol. The van der Waals surface area contributed by atoms with E-state index >= 15 is 0 Å². The van der Waals surface area contributed by atoms with Crippen LogP contribution in [0.3, 0.4) is 0 Å². The van der Waals surface area contributed by atoms with Gasteiger partial charge in [0, 0.05) is 38.6 Å². The second-order valence-electron chi connectivity index (χ2n) is 5.51. The van der Waals surface area contributed by atoms with Crippen molar-refractivity contribution in [2.45, 2.75) is 39.2 Å². The Morgan fingerprint density at radius 3 is 2.70 bits per heavy atom. The summed E-state index contributed by atoms with van der Waals surface area (Å²) in [6.45, 7) is 8.07. The number of rotatable bonds is 5. The minimum atomic E-state index is -0.125. The number of carbonyl (C=O) groups is 2. The topological polar surface area (TPSA) is 52.7 Å². The van der Waals surface area contributed by atoms with Crippen molar-refractivity contribution < 1.29 is 9.59 Å². The smallest absolute Gasteiger partial charge is 0.228 e. The molecule has 1 N–H and O–H groups in total. The summed E-state index contributed by atoms with van der Waals surface area (Å²) in [4.78, 5) is 28.2. The second-order valence-corrected chi connectivity index (χ2v) is 5.51. The van der Waals surface area contributed by atoms with Gasteiger partial charge in [-0.3, -0.25) is 9.59 Å². The predicted octanol–water partition coefficient (Wildman–Crippen LogP) is 0.877. The highest BCUT2D eigenvalue weighted by Crippen LogP contribution is 2.22. The normalized spacial score (nSPS) is 25.7. The lowest BCUT2D eigenvalue weighted by Gasteiger charge is -2.30. The molecule has 2 heterocycles. The number of halogens is 1. The van der Waals surface area contributed by atoms with E-state index < -0.39 is 0 Å². The van der Waals surface area contributed by atoms with Crippen LogP contribution < -0.4 is 5.32 Å². The van der Waals surface area contributed by atoms with Crippen LogP contribution in [0.1, 0.15) is 33.1 Å². The Labute approximate surface area is 127 Å². The molecule has 0 aromatic carbocycles. The lowest BCUT2D eigenvalue weighted by molar-refractivity contribution is -0.137. The van der Waals surface area contributed by atoms with Crippen molar-refractivity contribution in [3.8, 4) is 0 Å². The zero-order valence-electron chi connectivity index (χ0n) is 12.4. The lowest BCUT2D eigenvalue weighted by atomic mass is 10.0. The van der Waals surface area contributed by atoms with E-state index in [0.29, 0.717) is 25.6 Å². The molecule has 2 rings (SSSR count). The van der Waals surface area contributed by atoms with Gasteiger partial charge in [-0.1, -0.05) is 6.92 Å². The molecule has 0 aromatic heterocycles. The summed E-state index contributed by atoms with van der Waals surface area (Å²) in [7, 11) is 0. The van der Waals surface area contributed by atoms with Gasteiger partial charge in [-0.25, -0.2) is 0 Å². The van der Waals surface area contributed by atoms with Crippen molar-refractivity contribution in [2.24, 2.45) is 5.92 Å². The molecule has 5 nitrogen and oxygen atoms in total. The van der Waals surface area contributed by atoms with E-state index in [9.17, 15) is 9.59 Å². The van der Waals surface area contributed by atoms with Crippen molar-refractivity contribution in [3.63, 3.8) is 0 Å². The third-order valence-corrected chi connectivity index (χ3v) is 4.17. The molecular formula is C14H26ClN3O2. The van der Waals surface area contributed by atoms with Gasteiger partial charge in [0.2, 0.25) is 11.8 Å². The highest BCUT2D eigenvalue weighted by molar-refractivity contribution is 5.89. The van der Waals surface area contributed by atoms with Crippen molar-refractivity contribution in [1.29, 1.82) is 0 Å². The molecule has 2 aliphatic heterocycles. The first-order chi connectivity index (χ1) is 9.17. The second kappa shape index (κ2) is 7.84. The van der Waals surface area contributed by atoms with Crippen molar-refractivity contribution in [2.75, 3.05) is 32.7 Å². The summed E-state index contributed by atoms with van der Waals surface area (Å²) >= 11 is 0. The number of hydrogen-bond donors (Lipinski definition) is 1. The lowest BCUT2D eigenvalue weighted by Crippen LogP contribution is -2.45. The largest absolute Gasteiger partial charge is 0.342 e. The molecule has 116 valence electrons. The number of nitrogens with one attached hydrogen (secondary N) is 1. The fourth-order valence-electron chi connectivity index (χ4n) is 3.10. The van der Waals surface area contributed by atoms with Crippen molar-refractivity contribution in [1.82, 2.24) is 15.1 Å². The van der Waals surface area contributed by atoms with Gasteiger partial charge in [-0.05, 0) is 26.3 Å². The van der Waals surface area contributed by atoms with Crippen LogP contribution in [0.5, 0.6) is 0 Å². The summed E-state index contributed by atoms with van der Waals surface area (Å²) in [6, 6.07) is 0.318. The average molecular weight is 304 g/mol. The Hall–Kier alpha value is -0.810. The Morgan fingerprint density at radius 2 is 2.20 bits per heavy atom. The van der Waals surface area contributed by atoms with Gasteiger partial charge in [0.25, 0.3) is 0 Å². The molecular weight excluding hydrogens is 278 g/mol. The molecule has 20 heavy (non-hydrogen) atoms. The standard InChI is InChI=1S/C14H25N3O2.ClH/c1-3-7-17(12-5-6-15-9-12)14(19)11-8-13(18)16(4-2)10-11;/h11-12,15H,3-10H2,1-2H3;1H. The molecule has 2 fully saturated rings. The van der Waals surface area contributed by atoms with E-state index in [4.69, 9.17) is 0 Å². The minimum Gasteiger partial charge on any atom is -0.342 e. The van der Waals surface area contributed by atoms with Crippen LogP contribution in [0.25, 0.3) is 0 Å². The number of likely N-dealkylation sites (tertiary alicyclic amines) is 1. The maximum absolute atomic E-state index is 12.6. The highest BCUT2D eigenvalue weighted by atomic mass is 35.5. The third kappa shape index (κ3) is 3.64. The van der Waals surface area contributed by atoms with Gasteiger partial charge in [-0.2, -0.15) is 0 Å². The molecule has 0 aliphatic carbocycles. The van der Waals surface area contributed by atoms with Crippen LogP contribution >= 0.6 is 12.4 Å². The summed E-state index contributed by atoms with van der Waals surface area (Å²) < 4.78 is 0. The molecule has 2 amide bonds. The summed E-state index contributed by atoms with van der Waals surface area (Å²) in [5.41, 5.74) is 0. The van der Waals surface area contributed by atoms with E-state index in [2.05, 4.69) is 12.2 Å². The number of hydrogen-bond acceptors (Lipinski definition) is 3. The molecule has 0 spiro atoms. The average Bonchev–Trinajstić information content (AvgIpc) is 3.04. The van der Waals surface area contributed by atoms with Crippen molar-refractivity contribution in [3.05, 3.63) is 0 Å². The summed E-state index contributed by atoms with van der Waals surface area (Å²) in [6.07, 6.45) is 2.40. The maximum Gasteiger partial charge on any atom is 0.228 e. The first-order valence-corrected chi connectivity index (χ1v) is 7.46. The Kier molecular flexibility index (Phi) is 6.76. The maximum atomic E-state index is 12.6. The number of amides is 2. The first-order valence-electron chi connectivity index (χ1n) is 7.46. The third-order valence-electron chi connectivity index (χ3n) is 4.17. The summed E-state index contributed by atoms with van der Waals surface area (Å²) in [5, 5.41) is 3.31. The molecule has 2 atom stereocenters. The Morgan fingerprint density at radius 1 is 1.45 bits per heavy atom. The van der Waals surface area contributed by atoms with Crippen LogP contribution in [0.2, 0.25) is 0 Å². The Bertz CT molecular complexity index is 345. The SMILES string of the molecule is CCCN(C(=O)C1CC(=O)N(CC)C1)C1CCNC1.Cl. The van der Waals surface area contributed by atoms with Gasteiger partial charge in [0.05, 0.1) is 5.92 Å². The molecule has 0 bridgehead atoms. The van der Waals surface area contributed by atoms with E-state index in [1.165, 1.54) is 0 Å². The Balaban J connectivity index is 0.00000200. The fraction of sp³-hybridized carbons (Fsp3) is 0.857. The first kappa shape index (κ1) is 17.2. The fourth-order valence-corrected chi connectivity index (χ4v) is 3.10. The minimum absolute atomic E-state index is 0. The highest BCUT2D eigenvalue weighted by Gasteiger charge is 2.37. The van der Waals surface area contributed by atoms with Gasteiger partial charge in [0.15, 0.2) is 0 Å². The van der Waals surface area contributed by atoms with E-state index in [1.807, 2.05) is 11.8 Å². The van der Waals surface area contributed by atoms with Gasteiger partial charge >= 0.3 is 0 Å². The van der Waals surface area contributed by atoms with E-state index in [0.717, 1.165) is 32.5 Å². The van der Waals surface area contributed by atoms with Crippen LogP contribution in [-0.4, -0.2) is 60.4 Å². The molecule has 2 saturated heterocycles. The molecule has 0 saturated carbocycles. The predicted molar refractivity (Wildman–Crippen MR) is 80.9 cm³/mol. The zero-order valence-corrected chi connectivity index (χ0v) is 13.2. The van der Waals surface area contributed by atoms with Crippen LogP contribution in [0.4, 0.5) is 0 Å². The van der Waals surface area contributed by atoms with E-state index in [1.54, 1.807) is 4.90 Å². The van der Waals surface area contributed by atoms with E-state index in [-0.39, 0.29) is 30.1 Å². The van der Waals surface area contributed by atoms with Gasteiger partial charge in [-0.15, -0.1) is 12.4 Å². The van der Waals surface area contributed by atoms with Crippen LogP contribution in [0, 0.1) is 5.92 Å². The number of nitrogens with zero attached hydrogens (tertiary/aromatic N) is 2. The molecule has 6 heteroatoms. The zero-order chi connectivity index (χ0) is 13.8. The molecule has 2 unspecified atom stereocenters. The quantitative estimate of drug-likeness (QED) is 0.820. The molecule has 0 aromatic rings. The molecule has 2 aliphatic rings. The summed E-state index contributed by atoms with van der Waals surface area (Å²) in [5.74, 6) is 0.182. The van der Waals surface area contributed by atoms with Gasteiger partial charge in [0.1, 0.15) is 0 Å². The molecule has 0 radical (unpaired) electrons. The van der Waals surface area contributed by atoms with Crippen LogP contribution in [0.15, 0.2) is 0 Å².